The molecule has 1 unspecified atom stereocenters. The molecular formula is C18H29N3O2. The number of nitrogens with zero attached hydrogens (tertiary/aromatic N) is 3. The third kappa shape index (κ3) is 4.73. The van der Waals surface area contributed by atoms with Crippen molar-refractivity contribution in [1.29, 1.82) is 0 Å². The Morgan fingerprint density at radius 1 is 1.39 bits per heavy atom. The van der Waals surface area contributed by atoms with Gasteiger partial charge in [0.05, 0.1) is 19.8 Å². The van der Waals surface area contributed by atoms with E-state index in [4.69, 9.17) is 9.47 Å². The minimum Gasteiger partial charge on any atom is -0.381 e. The Balaban J connectivity index is 1.55. The Morgan fingerprint density at radius 3 is 3.09 bits per heavy atom. The zero-order valence-electron chi connectivity index (χ0n) is 14.5. The normalized spacial score (nSPS) is 21.8. The van der Waals surface area contributed by atoms with Crippen molar-refractivity contribution in [3.63, 3.8) is 0 Å². The van der Waals surface area contributed by atoms with Crippen molar-refractivity contribution in [3.05, 3.63) is 29.1 Å². The fourth-order valence-electron chi connectivity index (χ4n) is 3.43. The van der Waals surface area contributed by atoms with E-state index in [2.05, 4.69) is 28.9 Å². The largest absolute Gasteiger partial charge is 0.381 e. The second-order valence-corrected chi connectivity index (χ2v) is 7.01. The number of hydrogen-bond donors (Lipinski definition) is 0. The zero-order chi connectivity index (χ0) is 16.1. The summed E-state index contributed by atoms with van der Waals surface area (Å²) in [5.74, 6) is 0.710. The summed E-state index contributed by atoms with van der Waals surface area (Å²) in [6.45, 7) is 7.59. The summed E-state index contributed by atoms with van der Waals surface area (Å²) in [6.07, 6.45) is 6.34. The second-order valence-electron chi connectivity index (χ2n) is 7.01. The molecule has 3 rings (SSSR count). The first-order valence-electron chi connectivity index (χ1n) is 8.69. The van der Waals surface area contributed by atoms with Gasteiger partial charge in [0.25, 0.3) is 0 Å². The van der Waals surface area contributed by atoms with Gasteiger partial charge in [-0.25, -0.2) is 0 Å². The molecule has 0 amide bonds. The minimum absolute atomic E-state index is 0.681. The molecule has 0 aliphatic carbocycles. The van der Waals surface area contributed by atoms with E-state index in [1.54, 1.807) is 0 Å². The number of pyridine rings is 1. The summed E-state index contributed by atoms with van der Waals surface area (Å²) in [6, 6.07) is 0. The molecule has 0 bridgehead atoms. The van der Waals surface area contributed by atoms with Gasteiger partial charge in [-0.3, -0.25) is 9.88 Å². The fraction of sp³-hybridized carbons (Fsp3) is 0.722. The van der Waals surface area contributed by atoms with Gasteiger partial charge in [-0.15, -0.1) is 0 Å². The van der Waals surface area contributed by atoms with Crippen molar-refractivity contribution < 1.29 is 9.47 Å². The molecule has 1 saturated heterocycles. The first-order chi connectivity index (χ1) is 11.2. The van der Waals surface area contributed by atoms with Crippen LogP contribution >= 0.6 is 0 Å². The van der Waals surface area contributed by atoms with Gasteiger partial charge in [-0.2, -0.15) is 0 Å². The van der Waals surface area contributed by atoms with E-state index in [0.29, 0.717) is 12.5 Å². The SMILES string of the molecule is CN(C)CCOCc1cncc2c1CCN(CC1CCOC1)C2. The van der Waals surface area contributed by atoms with Crippen LogP contribution in [0.15, 0.2) is 12.4 Å². The van der Waals surface area contributed by atoms with Crippen LogP contribution in [0.25, 0.3) is 0 Å². The summed E-state index contributed by atoms with van der Waals surface area (Å²) < 4.78 is 11.3. The molecule has 23 heavy (non-hydrogen) atoms. The van der Waals surface area contributed by atoms with Gasteiger partial charge >= 0.3 is 0 Å². The molecule has 5 heteroatoms. The van der Waals surface area contributed by atoms with Crippen LogP contribution in [0.4, 0.5) is 0 Å². The topological polar surface area (TPSA) is 37.8 Å². The molecular weight excluding hydrogens is 290 g/mol. The van der Waals surface area contributed by atoms with Gasteiger partial charge in [-0.05, 0) is 49.5 Å². The number of hydrogen-bond acceptors (Lipinski definition) is 5. The maximum Gasteiger partial charge on any atom is 0.0735 e. The van der Waals surface area contributed by atoms with Gasteiger partial charge in [0.1, 0.15) is 0 Å². The van der Waals surface area contributed by atoms with Crippen molar-refractivity contribution in [2.75, 3.05) is 53.6 Å². The Morgan fingerprint density at radius 2 is 2.30 bits per heavy atom. The Bertz CT molecular complexity index is 501. The zero-order valence-corrected chi connectivity index (χ0v) is 14.5. The van der Waals surface area contributed by atoms with Crippen molar-refractivity contribution in [3.8, 4) is 0 Å². The van der Waals surface area contributed by atoms with Gasteiger partial charge in [0, 0.05) is 45.2 Å². The fourth-order valence-corrected chi connectivity index (χ4v) is 3.43. The predicted octanol–water partition coefficient (Wildman–Crippen LogP) is 1.55. The third-order valence-electron chi connectivity index (χ3n) is 4.79. The molecule has 1 fully saturated rings. The summed E-state index contributed by atoms with van der Waals surface area (Å²) in [5.41, 5.74) is 4.11. The van der Waals surface area contributed by atoms with Gasteiger partial charge in [-0.1, -0.05) is 0 Å². The molecule has 0 aromatic carbocycles. The highest BCUT2D eigenvalue weighted by molar-refractivity contribution is 5.33. The molecule has 1 atom stereocenters. The molecule has 0 saturated carbocycles. The first kappa shape index (κ1) is 16.8. The van der Waals surface area contributed by atoms with Crippen LogP contribution in [0.5, 0.6) is 0 Å². The highest BCUT2D eigenvalue weighted by Gasteiger charge is 2.23. The summed E-state index contributed by atoms with van der Waals surface area (Å²) in [7, 11) is 4.14. The average molecular weight is 319 g/mol. The number of fused-ring (bicyclic) bond motifs is 1. The smallest absolute Gasteiger partial charge is 0.0735 e. The van der Waals surface area contributed by atoms with E-state index in [-0.39, 0.29) is 0 Å². The molecule has 3 heterocycles. The lowest BCUT2D eigenvalue weighted by molar-refractivity contribution is 0.104. The maximum absolute atomic E-state index is 5.82. The van der Waals surface area contributed by atoms with Crippen LogP contribution in [0, 0.1) is 5.92 Å². The maximum atomic E-state index is 5.82. The van der Waals surface area contributed by atoms with E-state index in [1.807, 2.05) is 12.4 Å². The monoisotopic (exact) mass is 319 g/mol. The number of ether oxygens (including phenoxy) is 2. The van der Waals surface area contributed by atoms with Crippen LogP contribution in [-0.2, 0) is 29.0 Å². The van der Waals surface area contributed by atoms with E-state index in [0.717, 1.165) is 52.4 Å². The van der Waals surface area contributed by atoms with E-state index in [1.165, 1.54) is 23.1 Å². The highest BCUT2D eigenvalue weighted by atomic mass is 16.5. The average Bonchev–Trinajstić information content (AvgIpc) is 3.04. The van der Waals surface area contributed by atoms with Gasteiger partial charge in [0.2, 0.25) is 0 Å². The summed E-state index contributed by atoms with van der Waals surface area (Å²) in [5, 5.41) is 0. The van der Waals surface area contributed by atoms with Crippen LogP contribution in [0.2, 0.25) is 0 Å². The van der Waals surface area contributed by atoms with E-state index < -0.39 is 0 Å². The lowest BCUT2D eigenvalue weighted by Crippen LogP contribution is -2.35. The van der Waals surface area contributed by atoms with Crippen LogP contribution < -0.4 is 0 Å². The highest BCUT2D eigenvalue weighted by Crippen LogP contribution is 2.24. The van der Waals surface area contributed by atoms with Gasteiger partial charge in [0.15, 0.2) is 0 Å². The summed E-state index contributed by atoms with van der Waals surface area (Å²) >= 11 is 0. The number of aromatic nitrogens is 1. The van der Waals surface area contributed by atoms with Crippen LogP contribution in [0.3, 0.4) is 0 Å². The summed E-state index contributed by atoms with van der Waals surface area (Å²) in [4.78, 5) is 9.13. The van der Waals surface area contributed by atoms with Crippen molar-refractivity contribution in [2.24, 2.45) is 5.92 Å². The van der Waals surface area contributed by atoms with Crippen LogP contribution in [0.1, 0.15) is 23.1 Å². The quantitative estimate of drug-likeness (QED) is 0.713. The van der Waals surface area contributed by atoms with Gasteiger partial charge < -0.3 is 14.4 Å². The molecule has 1 aromatic rings. The van der Waals surface area contributed by atoms with E-state index in [9.17, 15) is 0 Å². The molecule has 0 radical (unpaired) electrons. The standard InChI is InChI=1S/C18H29N3O2/c1-20(2)6-8-23-14-17-10-19-9-16-12-21(5-3-18(16)17)11-15-4-7-22-13-15/h9-10,15H,3-8,11-14H2,1-2H3. The van der Waals surface area contributed by atoms with Crippen molar-refractivity contribution in [2.45, 2.75) is 26.0 Å². The molecule has 2 aliphatic heterocycles. The number of rotatable bonds is 7. The second kappa shape index (κ2) is 8.20. The molecule has 0 N–H and O–H groups in total. The van der Waals surface area contributed by atoms with E-state index >= 15 is 0 Å². The molecule has 2 aliphatic rings. The number of likely N-dealkylation sites (N-methyl/N-ethyl adjacent to an activating group) is 1. The molecule has 5 nitrogen and oxygen atoms in total. The molecule has 0 spiro atoms. The lowest BCUT2D eigenvalue weighted by Gasteiger charge is -2.31. The third-order valence-corrected chi connectivity index (χ3v) is 4.79. The van der Waals surface area contributed by atoms with Crippen molar-refractivity contribution >= 4 is 0 Å². The van der Waals surface area contributed by atoms with Crippen LogP contribution in [-0.4, -0.2) is 68.3 Å². The van der Waals surface area contributed by atoms with Crippen molar-refractivity contribution in [1.82, 2.24) is 14.8 Å². The Kier molecular flexibility index (Phi) is 6.00. The molecule has 128 valence electrons. The minimum atomic E-state index is 0.681. The Labute approximate surface area is 139 Å². The first-order valence-corrected chi connectivity index (χ1v) is 8.69. The predicted molar refractivity (Wildman–Crippen MR) is 90.4 cm³/mol. The Hall–Kier alpha value is -1.01. The molecule has 1 aromatic heterocycles. The lowest BCUT2D eigenvalue weighted by atomic mass is 9.96.